The molecule has 0 fully saturated rings. The molecule has 1 aromatic carbocycles. The lowest BCUT2D eigenvalue weighted by atomic mass is 10.0. The molecule has 0 saturated heterocycles. The van der Waals surface area contributed by atoms with Gasteiger partial charge in [-0.2, -0.15) is 4.98 Å². The lowest BCUT2D eigenvalue weighted by Crippen LogP contribution is -2.31. The predicted molar refractivity (Wildman–Crippen MR) is 100 cm³/mol. The SMILES string of the molecule is CCn1nnc2cc(-c3noc(C(NC(=O)c4ccco4)C(C)C)n3)ccc21. The number of amides is 1. The Morgan fingerprint density at radius 2 is 2.14 bits per heavy atom. The van der Waals surface area contributed by atoms with E-state index < -0.39 is 6.04 Å². The van der Waals surface area contributed by atoms with E-state index in [1.165, 1.54) is 6.26 Å². The normalized spacial score (nSPS) is 12.6. The average Bonchev–Trinajstić information content (AvgIpc) is 3.45. The lowest BCUT2D eigenvalue weighted by Gasteiger charge is -2.17. The number of furan rings is 1. The molecule has 0 saturated carbocycles. The first-order valence-corrected chi connectivity index (χ1v) is 9.08. The number of aryl methyl sites for hydroxylation is 1. The molecule has 9 nitrogen and oxygen atoms in total. The smallest absolute Gasteiger partial charge is 0.287 e. The lowest BCUT2D eigenvalue weighted by molar-refractivity contribution is 0.0885. The van der Waals surface area contributed by atoms with Crippen molar-refractivity contribution in [2.24, 2.45) is 5.92 Å². The molecule has 3 aromatic heterocycles. The number of rotatable bonds is 6. The van der Waals surface area contributed by atoms with Crippen LogP contribution in [0.25, 0.3) is 22.4 Å². The van der Waals surface area contributed by atoms with Crippen LogP contribution in [0.4, 0.5) is 0 Å². The second kappa shape index (κ2) is 7.26. The minimum Gasteiger partial charge on any atom is -0.459 e. The first-order valence-electron chi connectivity index (χ1n) is 9.08. The van der Waals surface area contributed by atoms with E-state index >= 15 is 0 Å². The van der Waals surface area contributed by atoms with Crippen molar-refractivity contribution >= 4 is 16.9 Å². The maximum atomic E-state index is 12.3. The number of fused-ring (bicyclic) bond motifs is 1. The first kappa shape index (κ1) is 17.9. The van der Waals surface area contributed by atoms with Gasteiger partial charge in [-0.3, -0.25) is 4.79 Å². The highest BCUT2D eigenvalue weighted by Gasteiger charge is 2.26. The highest BCUT2D eigenvalue weighted by atomic mass is 16.5. The zero-order valence-corrected chi connectivity index (χ0v) is 15.8. The Hall–Kier alpha value is -3.49. The Balaban J connectivity index is 1.60. The molecule has 144 valence electrons. The van der Waals surface area contributed by atoms with Gasteiger partial charge in [-0.05, 0) is 43.2 Å². The maximum Gasteiger partial charge on any atom is 0.287 e. The van der Waals surface area contributed by atoms with Crippen molar-refractivity contribution in [3.63, 3.8) is 0 Å². The fourth-order valence-electron chi connectivity index (χ4n) is 2.96. The summed E-state index contributed by atoms with van der Waals surface area (Å²) < 4.78 is 12.4. The van der Waals surface area contributed by atoms with Gasteiger partial charge in [0.05, 0.1) is 11.8 Å². The van der Waals surface area contributed by atoms with E-state index in [2.05, 4.69) is 25.8 Å². The highest BCUT2D eigenvalue weighted by molar-refractivity contribution is 5.91. The Morgan fingerprint density at radius 3 is 2.86 bits per heavy atom. The summed E-state index contributed by atoms with van der Waals surface area (Å²) in [5.74, 6) is 0.707. The number of hydrogen-bond acceptors (Lipinski definition) is 7. The number of nitrogens with zero attached hydrogens (tertiary/aromatic N) is 5. The van der Waals surface area contributed by atoms with Crippen LogP contribution in [0.15, 0.2) is 45.5 Å². The monoisotopic (exact) mass is 380 g/mol. The summed E-state index contributed by atoms with van der Waals surface area (Å²) in [7, 11) is 0. The van der Waals surface area contributed by atoms with E-state index in [1.54, 1.807) is 12.1 Å². The largest absolute Gasteiger partial charge is 0.459 e. The van der Waals surface area contributed by atoms with Gasteiger partial charge >= 0.3 is 0 Å². The molecule has 0 aliphatic carbocycles. The van der Waals surface area contributed by atoms with E-state index in [1.807, 2.05) is 43.7 Å². The highest BCUT2D eigenvalue weighted by Crippen LogP contribution is 2.25. The van der Waals surface area contributed by atoms with Crippen LogP contribution in [0.3, 0.4) is 0 Å². The van der Waals surface area contributed by atoms with Gasteiger partial charge in [-0.15, -0.1) is 5.10 Å². The summed E-state index contributed by atoms with van der Waals surface area (Å²) in [6.07, 6.45) is 1.45. The van der Waals surface area contributed by atoms with Gasteiger partial charge in [0.2, 0.25) is 11.7 Å². The second-order valence-corrected chi connectivity index (χ2v) is 6.74. The van der Waals surface area contributed by atoms with Crippen molar-refractivity contribution in [2.75, 3.05) is 0 Å². The van der Waals surface area contributed by atoms with Crippen LogP contribution >= 0.6 is 0 Å². The predicted octanol–water partition coefficient (Wildman–Crippen LogP) is 3.22. The number of hydrogen-bond donors (Lipinski definition) is 1. The number of carbonyl (C=O) groups is 1. The Kier molecular flexibility index (Phi) is 4.64. The molecule has 9 heteroatoms. The fourth-order valence-corrected chi connectivity index (χ4v) is 2.96. The molecule has 3 heterocycles. The molecule has 4 aromatic rings. The molecule has 1 amide bonds. The average molecular weight is 380 g/mol. The Morgan fingerprint density at radius 1 is 1.29 bits per heavy atom. The van der Waals surface area contributed by atoms with Crippen LogP contribution in [0, 0.1) is 5.92 Å². The molecule has 0 bridgehead atoms. The van der Waals surface area contributed by atoms with Gasteiger partial charge in [0.15, 0.2) is 5.76 Å². The summed E-state index contributed by atoms with van der Waals surface area (Å²) in [5.41, 5.74) is 2.48. The standard InChI is InChI=1S/C19H20N6O3/c1-4-25-14-8-7-12(10-13(14)22-24-25)17-21-19(28-23-17)16(11(2)3)20-18(26)15-6-5-9-27-15/h5-11,16H,4H2,1-3H3,(H,20,26). The Labute approximate surface area is 160 Å². The molecule has 0 spiro atoms. The van der Waals surface area contributed by atoms with Crippen molar-refractivity contribution in [1.29, 1.82) is 0 Å². The molecule has 1 atom stereocenters. The zero-order valence-electron chi connectivity index (χ0n) is 15.8. The van der Waals surface area contributed by atoms with Gasteiger partial charge < -0.3 is 14.3 Å². The Bertz CT molecular complexity index is 1100. The van der Waals surface area contributed by atoms with Crippen LogP contribution in [-0.2, 0) is 6.54 Å². The minimum absolute atomic E-state index is 0.0409. The summed E-state index contributed by atoms with van der Waals surface area (Å²) in [6, 6.07) is 8.53. The van der Waals surface area contributed by atoms with Gasteiger partial charge in [0, 0.05) is 12.1 Å². The minimum atomic E-state index is -0.441. The van der Waals surface area contributed by atoms with Crippen molar-refractivity contribution in [3.8, 4) is 11.4 Å². The van der Waals surface area contributed by atoms with E-state index in [-0.39, 0.29) is 17.6 Å². The third-order valence-electron chi connectivity index (χ3n) is 4.48. The van der Waals surface area contributed by atoms with E-state index in [9.17, 15) is 4.79 Å². The molecule has 4 rings (SSSR count). The van der Waals surface area contributed by atoms with Gasteiger partial charge in [-0.25, -0.2) is 4.68 Å². The topological polar surface area (TPSA) is 112 Å². The fraction of sp³-hybridized carbons (Fsp3) is 0.316. The van der Waals surface area contributed by atoms with Crippen LogP contribution < -0.4 is 5.32 Å². The van der Waals surface area contributed by atoms with Crippen LogP contribution in [-0.4, -0.2) is 31.0 Å². The number of benzene rings is 1. The first-order chi connectivity index (χ1) is 13.6. The summed E-state index contributed by atoms with van der Waals surface area (Å²) in [4.78, 5) is 16.8. The molecule has 28 heavy (non-hydrogen) atoms. The molecule has 0 aliphatic rings. The third kappa shape index (κ3) is 3.26. The third-order valence-corrected chi connectivity index (χ3v) is 4.48. The maximum absolute atomic E-state index is 12.3. The van der Waals surface area contributed by atoms with Gasteiger partial charge in [0.25, 0.3) is 5.91 Å². The van der Waals surface area contributed by atoms with Crippen molar-refractivity contribution in [2.45, 2.75) is 33.4 Å². The molecule has 0 radical (unpaired) electrons. The van der Waals surface area contributed by atoms with E-state index in [0.29, 0.717) is 11.7 Å². The van der Waals surface area contributed by atoms with E-state index in [0.717, 1.165) is 23.1 Å². The molecule has 0 aliphatic heterocycles. The second-order valence-electron chi connectivity index (χ2n) is 6.74. The molecular formula is C19H20N6O3. The zero-order chi connectivity index (χ0) is 19.7. The van der Waals surface area contributed by atoms with Gasteiger partial charge in [0.1, 0.15) is 11.6 Å². The van der Waals surface area contributed by atoms with Crippen LogP contribution in [0.2, 0.25) is 0 Å². The van der Waals surface area contributed by atoms with Crippen molar-refractivity contribution in [3.05, 3.63) is 48.2 Å². The quantitative estimate of drug-likeness (QED) is 0.546. The van der Waals surface area contributed by atoms with Crippen LogP contribution in [0.5, 0.6) is 0 Å². The van der Waals surface area contributed by atoms with Crippen LogP contribution in [0.1, 0.15) is 43.3 Å². The van der Waals surface area contributed by atoms with Crippen molar-refractivity contribution in [1.82, 2.24) is 30.5 Å². The van der Waals surface area contributed by atoms with E-state index in [4.69, 9.17) is 8.94 Å². The number of aromatic nitrogens is 5. The summed E-state index contributed by atoms with van der Waals surface area (Å²) >= 11 is 0. The van der Waals surface area contributed by atoms with Crippen molar-refractivity contribution < 1.29 is 13.7 Å². The van der Waals surface area contributed by atoms with Gasteiger partial charge in [-0.1, -0.05) is 24.2 Å². The number of nitrogens with one attached hydrogen (secondary N) is 1. The number of carbonyl (C=O) groups excluding carboxylic acids is 1. The summed E-state index contributed by atoms with van der Waals surface area (Å²) in [5, 5.41) is 15.2. The molecule has 1 unspecified atom stereocenters. The molecular weight excluding hydrogens is 360 g/mol. The molecule has 1 N–H and O–H groups in total. The summed E-state index contributed by atoms with van der Waals surface area (Å²) in [6.45, 7) is 6.68.